The predicted molar refractivity (Wildman–Crippen MR) is 47.2 cm³/mol. The van der Waals surface area contributed by atoms with Gasteiger partial charge in [0.05, 0.1) is 0 Å². The first kappa shape index (κ1) is 7.87. The van der Waals surface area contributed by atoms with Crippen LogP contribution in [0.2, 0.25) is 0 Å². The average Bonchev–Trinajstić information content (AvgIpc) is 2.04. The lowest BCUT2D eigenvalue weighted by Gasteiger charge is -2.02. The van der Waals surface area contributed by atoms with Crippen molar-refractivity contribution >= 4 is 23.0 Å². The largest absolute Gasteiger partial charge is 0.382 e. The average molecular weight is 168 g/mol. The SMILES string of the molecule is CNC(=S)c1nccnc1N. The highest BCUT2D eigenvalue weighted by Crippen LogP contribution is 2.02. The standard InChI is InChI=1S/C6H8N4S/c1-8-6(11)4-5(7)10-3-2-9-4/h2-3H,1H3,(H2,7,10)(H,8,11). The number of anilines is 1. The Morgan fingerprint density at radius 2 is 2.18 bits per heavy atom. The van der Waals surface area contributed by atoms with Crippen LogP contribution in [-0.2, 0) is 0 Å². The van der Waals surface area contributed by atoms with Crippen LogP contribution in [0.25, 0.3) is 0 Å². The molecule has 0 aliphatic carbocycles. The molecule has 0 aliphatic heterocycles. The first-order chi connectivity index (χ1) is 5.25. The van der Waals surface area contributed by atoms with Crippen LogP contribution in [0, 0.1) is 0 Å². The van der Waals surface area contributed by atoms with Gasteiger partial charge in [0, 0.05) is 19.4 Å². The van der Waals surface area contributed by atoms with E-state index in [2.05, 4.69) is 15.3 Å². The summed E-state index contributed by atoms with van der Waals surface area (Å²) in [5, 5.41) is 2.77. The summed E-state index contributed by atoms with van der Waals surface area (Å²) in [6.07, 6.45) is 3.08. The molecule has 5 heteroatoms. The van der Waals surface area contributed by atoms with Crippen molar-refractivity contribution in [1.82, 2.24) is 15.3 Å². The molecule has 0 radical (unpaired) electrons. The molecular weight excluding hydrogens is 160 g/mol. The van der Waals surface area contributed by atoms with Crippen molar-refractivity contribution in [3.63, 3.8) is 0 Å². The van der Waals surface area contributed by atoms with E-state index in [0.717, 1.165) is 0 Å². The molecule has 3 N–H and O–H groups in total. The van der Waals surface area contributed by atoms with Crippen LogP contribution in [0.1, 0.15) is 5.69 Å². The van der Waals surface area contributed by atoms with E-state index >= 15 is 0 Å². The number of nitrogens with zero attached hydrogens (tertiary/aromatic N) is 2. The van der Waals surface area contributed by atoms with Gasteiger partial charge in [-0.15, -0.1) is 0 Å². The molecule has 0 aliphatic rings. The highest BCUT2D eigenvalue weighted by molar-refractivity contribution is 7.80. The molecule has 0 saturated heterocycles. The third-order valence-electron chi connectivity index (χ3n) is 1.17. The van der Waals surface area contributed by atoms with E-state index in [0.29, 0.717) is 16.5 Å². The van der Waals surface area contributed by atoms with Crippen LogP contribution in [0.4, 0.5) is 5.82 Å². The minimum atomic E-state index is 0.354. The van der Waals surface area contributed by atoms with Gasteiger partial charge in [0.2, 0.25) is 0 Å². The van der Waals surface area contributed by atoms with Crippen LogP contribution in [0.15, 0.2) is 12.4 Å². The molecule has 0 atom stereocenters. The second kappa shape index (κ2) is 3.25. The van der Waals surface area contributed by atoms with Gasteiger partial charge in [-0.05, 0) is 0 Å². The molecule has 1 rings (SSSR count). The number of aromatic nitrogens is 2. The summed E-state index contributed by atoms with van der Waals surface area (Å²) in [4.78, 5) is 8.30. The Hall–Kier alpha value is -1.23. The van der Waals surface area contributed by atoms with E-state index < -0.39 is 0 Å². The molecule has 0 bridgehead atoms. The molecule has 58 valence electrons. The Morgan fingerprint density at radius 3 is 2.73 bits per heavy atom. The maximum absolute atomic E-state index is 5.50. The van der Waals surface area contributed by atoms with Crippen LogP contribution in [-0.4, -0.2) is 22.0 Å². The zero-order valence-electron chi connectivity index (χ0n) is 6.03. The van der Waals surface area contributed by atoms with E-state index in [1.807, 2.05) is 0 Å². The van der Waals surface area contributed by atoms with Crippen molar-refractivity contribution in [2.45, 2.75) is 0 Å². The van der Waals surface area contributed by atoms with Gasteiger partial charge in [-0.3, -0.25) is 0 Å². The molecule has 1 aromatic rings. The van der Waals surface area contributed by atoms with E-state index in [4.69, 9.17) is 18.0 Å². The Kier molecular flexibility index (Phi) is 2.32. The number of rotatable bonds is 1. The van der Waals surface area contributed by atoms with Gasteiger partial charge in [0.1, 0.15) is 10.7 Å². The minimum Gasteiger partial charge on any atom is -0.382 e. The summed E-state index contributed by atoms with van der Waals surface area (Å²) in [5.41, 5.74) is 6.03. The normalized spacial score (nSPS) is 9.18. The Labute approximate surface area is 69.8 Å². The molecular formula is C6H8N4S. The number of hydrogen-bond donors (Lipinski definition) is 2. The summed E-state index contributed by atoms with van der Waals surface area (Å²) < 4.78 is 0. The smallest absolute Gasteiger partial charge is 0.152 e. The summed E-state index contributed by atoms with van der Waals surface area (Å²) >= 11 is 4.92. The van der Waals surface area contributed by atoms with E-state index in [1.54, 1.807) is 13.2 Å². The number of thiocarbonyl (C=S) groups is 1. The number of nitrogens with two attached hydrogens (primary N) is 1. The summed E-state index contributed by atoms with van der Waals surface area (Å²) in [6, 6.07) is 0. The lowest BCUT2D eigenvalue weighted by molar-refractivity contribution is 1.14. The predicted octanol–water partition coefficient (Wildman–Crippen LogP) is -0.0463. The maximum Gasteiger partial charge on any atom is 0.152 e. The molecule has 4 nitrogen and oxygen atoms in total. The van der Waals surface area contributed by atoms with Crippen molar-refractivity contribution in [1.29, 1.82) is 0 Å². The van der Waals surface area contributed by atoms with E-state index in [-0.39, 0.29) is 0 Å². The monoisotopic (exact) mass is 168 g/mol. The Bertz CT molecular complexity index is 273. The Balaban J connectivity index is 3.03. The summed E-state index contributed by atoms with van der Waals surface area (Å²) in [5.74, 6) is 0.354. The molecule has 0 unspecified atom stereocenters. The maximum atomic E-state index is 5.50. The zero-order chi connectivity index (χ0) is 8.27. The van der Waals surface area contributed by atoms with Gasteiger partial charge < -0.3 is 11.1 Å². The topological polar surface area (TPSA) is 63.8 Å². The van der Waals surface area contributed by atoms with Crippen molar-refractivity contribution in [3.05, 3.63) is 18.1 Å². The van der Waals surface area contributed by atoms with Crippen molar-refractivity contribution in [3.8, 4) is 0 Å². The number of nitrogens with one attached hydrogen (secondary N) is 1. The molecule has 0 fully saturated rings. The fraction of sp³-hybridized carbons (Fsp3) is 0.167. The zero-order valence-corrected chi connectivity index (χ0v) is 6.85. The highest BCUT2D eigenvalue weighted by atomic mass is 32.1. The third-order valence-corrected chi connectivity index (χ3v) is 1.57. The fourth-order valence-electron chi connectivity index (χ4n) is 0.642. The second-order valence-corrected chi connectivity index (χ2v) is 2.28. The van der Waals surface area contributed by atoms with Crippen LogP contribution in [0.3, 0.4) is 0 Å². The quantitative estimate of drug-likeness (QED) is 0.576. The molecule has 1 heterocycles. The molecule has 0 saturated carbocycles. The second-order valence-electron chi connectivity index (χ2n) is 1.87. The van der Waals surface area contributed by atoms with Gasteiger partial charge in [0.25, 0.3) is 0 Å². The number of nitrogen functional groups attached to an aromatic ring is 1. The van der Waals surface area contributed by atoms with Crippen LogP contribution >= 0.6 is 12.2 Å². The first-order valence-electron chi connectivity index (χ1n) is 3.04. The summed E-state index contributed by atoms with van der Waals surface area (Å²) in [7, 11) is 1.72. The van der Waals surface area contributed by atoms with Crippen molar-refractivity contribution in [2.75, 3.05) is 12.8 Å². The first-order valence-corrected chi connectivity index (χ1v) is 3.45. The van der Waals surface area contributed by atoms with E-state index in [9.17, 15) is 0 Å². The highest BCUT2D eigenvalue weighted by Gasteiger charge is 2.04. The van der Waals surface area contributed by atoms with Crippen LogP contribution in [0.5, 0.6) is 0 Å². The third kappa shape index (κ3) is 1.62. The molecule has 0 amide bonds. The molecule has 0 aromatic carbocycles. The van der Waals surface area contributed by atoms with Gasteiger partial charge in [-0.2, -0.15) is 0 Å². The van der Waals surface area contributed by atoms with Gasteiger partial charge >= 0.3 is 0 Å². The lowest BCUT2D eigenvalue weighted by atomic mass is 10.4. The van der Waals surface area contributed by atoms with Crippen LogP contribution < -0.4 is 11.1 Å². The molecule has 0 spiro atoms. The lowest BCUT2D eigenvalue weighted by Crippen LogP contribution is -2.20. The fourth-order valence-corrected chi connectivity index (χ4v) is 0.799. The van der Waals surface area contributed by atoms with Gasteiger partial charge in [-0.25, -0.2) is 9.97 Å². The minimum absolute atomic E-state index is 0.354. The van der Waals surface area contributed by atoms with Gasteiger partial charge in [0.15, 0.2) is 5.82 Å². The van der Waals surface area contributed by atoms with Crippen molar-refractivity contribution in [2.24, 2.45) is 0 Å². The van der Waals surface area contributed by atoms with Gasteiger partial charge in [-0.1, -0.05) is 12.2 Å². The number of hydrogen-bond acceptors (Lipinski definition) is 4. The van der Waals surface area contributed by atoms with Crippen molar-refractivity contribution < 1.29 is 0 Å². The molecule has 11 heavy (non-hydrogen) atoms. The molecule has 1 aromatic heterocycles. The van der Waals surface area contributed by atoms with E-state index in [1.165, 1.54) is 6.20 Å². The summed E-state index contributed by atoms with van der Waals surface area (Å²) in [6.45, 7) is 0. The Morgan fingerprint density at radius 1 is 1.55 bits per heavy atom.